The van der Waals surface area contributed by atoms with E-state index in [9.17, 15) is 23.3 Å². The second kappa shape index (κ2) is 5.49. The maximum Gasteiger partial charge on any atom is 0.321 e. The number of benzene rings is 2. The van der Waals surface area contributed by atoms with Crippen molar-refractivity contribution in [1.82, 2.24) is 0 Å². The first-order chi connectivity index (χ1) is 9.86. The molecule has 8 heteroatoms. The van der Waals surface area contributed by atoms with Gasteiger partial charge >= 0.3 is 5.97 Å². The van der Waals surface area contributed by atoms with Crippen molar-refractivity contribution in [3.8, 4) is 0 Å². The van der Waals surface area contributed by atoms with Crippen LogP contribution in [0.2, 0.25) is 0 Å². The molecule has 0 bridgehead atoms. The molecule has 0 atom stereocenters. The summed E-state index contributed by atoms with van der Waals surface area (Å²) in [5.74, 6) is -1.92. The van der Waals surface area contributed by atoms with Gasteiger partial charge in [-0.1, -0.05) is 24.3 Å². The first kappa shape index (κ1) is 14.9. The molecular formula is C13H11NO6S. The van der Waals surface area contributed by atoms with Crippen LogP contribution in [0.4, 0.5) is 5.69 Å². The zero-order chi connectivity index (χ0) is 15.6. The Balaban J connectivity index is 2.72. The van der Waals surface area contributed by atoms with Crippen LogP contribution in [0.25, 0.3) is 10.8 Å². The second-order valence-corrected chi connectivity index (χ2v) is 6.18. The number of nitro benzene ring substituents is 1. The maximum absolute atomic E-state index is 12.2. The average Bonchev–Trinajstić information content (AvgIpc) is 2.45. The molecule has 110 valence electrons. The first-order valence-electron chi connectivity index (χ1n) is 5.82. The van der Waals surface area contributed by atoms with Crippen LogP contribution in [0.3, 0.4) is 0 Å². The molecule has 2 aromatic carbocycles. The molecule has 7 nitrogen and oxygen atoms in total. The molecule has 0 N–H and O–H groups in total. The molecule has 2 aromatic rings. The van der Waals surface area contributed by atoms with Crippen molar-refractivity contribution in [1.29, 1.82) is 0 Å². The maximum atomic E-state index is 12.2. The van der Waals surface area contributed by atoms with Gasteiger partial charge in [-0.05, 0) is 17.5 Å². The molecule has 0 aliphatic rings. The van der Waals surface area contributed by atoms with Crippen LogP contribution in [-0.4, -0.2) is 32.2 Å². The Morgan fingerprint density at radius 1 is 1.24 bits per heavy atom. The quantitative estimate of drug-likeness (QED) is 0.483. The number of carbonyl (C=O) groups excluding carboxylic acids is 1. The van der Waals surface area contributed by atoms with Gasteiger partial charge in [0.1, 0.15) is 4.90 Å². The molecule has 0 unspecified atom stereocenters. The number of nitro groups is 1. The van der Waals surface area contributed by atoms with Crippen LogP contribution >= 0.6 is 0 Å². The summed E-state index contributed by atoms with van der Waals surface area (Å²) in [6.45, 7) is 0. The summed E-state index contributed by atoms with van der Waals surface area (Å²) >= 11 is 0. The van der Waals surface area contributed by atoms with Crippen molar-refractivity contribution < 1.29 is 22.9 Å². The number of hydrogen-bond acceptors (Lipinski definition) is 6. The number of ether oxygens (including phenoxy) is 1. The molecule has 0 aliphatic carbocycles. The third-order valence-corrected chi connectivity index (χ3v) is 4.53. The first-order valence-corrected chi connectivity index (χ1v) is 7.48. The third-order valence-electron chi connectivity index (χ3n) is 2.92. The standard InChI is InChI=1S/C13H11NO6S/c1-20-12(15)8-21(18,19)11-7-6-9-4-2-3-5-10(9)13(11)14(16)17/h2-7H,8H2,1H3. The van der Waals surface area contributed by atoms with Gasteiger partial charge < -0.3 is 4.74 Å². The molecule has 0 saturated carbocycles. The average molecular weight is 309 g/mol. The number of fused-ring (bicyclic) bond motifs is 1. The monoisotopic (exact) mass is 309 g/mol. The number of sulfone groups is 1. The zero-order valence-corrected chi connectivity index (χ0v) is 11.8. The molecule has 0 radical (unpaired) electrons. The van der Waals surface area contributed by atoms with Crippen molar-refractivity contribution in [3.05, 3.63) is 46.5 Å². The normalized spacial score (nSPS) is 11.3. The Hall–Kier alpha value is -2.48. The summed E-state index contributed by atoms with van der Waals surface area (Å²) in [5.41, 5.74) is -0.531. The van der Waals surface area contributed by atoms with Crippen LogP contribution in [0, 0.1) is 10.1 Å². The predicted molar refractivity (Wildman–Crippen MR) is 74.7 cm³/mol. The van der Waals surface area contributed by atoms with Crippen molar-refractivity contribution in [2.45, 2.75) is 4.90 Å². The minimum Gasteiger partial charge on any atom is -0.468 e. The third kappa shape index (κ3) is 2.84. The lowest BCUT2D eigenvalue weighted by atomic mass is 10.1. The van der Waals surface area contributed by atoms with Gasteiger partial charge in [-0.15, -0.1) is 0 Å². The Morgan fingerprint density at radius 3 is 2.52 bits per heavy atom. The topological polar surface area (TPSA) is 104 Å². The van der Waals surface area contributed by atoms with E-state index in [-0.39, 0.29) is 5.39 Å². The van der Waals surface area contributed by atoms with E-state index in [0.29, 0.717) is 5.39 Å². The molecule has 0 spiro atoms. The number of hydrogen-bond donors (Lipinski definition) is 0. The number of carbonyl (C=O) groups is 1. The van der Waals surface area contributed by atoms with Gasteiger partial charge in [0, 0.05) is 0 Å². The lowest BCUT2D eigenvalue weighted by molar-refractivity contribution is -0.386. The molecule has 0 aliphatic heterocycles. The molecule has 0 aromatic heterocycles. The molecule has 2 rings (SSSR count). The van der Waals surface area contributed by atoms with Gasteiger partial charge in [-0.3, -0.25) is 14.9 Å². The summed E-state index contributed by atoms with van der Waals surface area (Å²) in [6.07, 6.45) is 0. The van der Waals surface area contributed by atoms with Gasteiger partial charge in [-0.2, -0.15) is 0 Å². The summed E-state index contributed by atoms with van der Waals surface area (Å²) in [6, 6.07) is 8.97. The molecular weight excluding hydrogens is 298 g/mol. The fourth-order valence-electron chi connectivity index (χ4n) is 1.97. The summed E-state index contributed by atoms with van der Waals surface area (Å²) in [5, 5.41) is 12.0. The molecule has 0 fully saturated rings. The van der Waals surface area contributed by atoms with Crippen LogP contribution < -0.4 is 0 Å². The Bertz CT molecular complexity index is 828. The minimum atomic E-state index is -4.15. The fraction of sp³-hybridized carbons (Fsp3) is 0.154. The number of esters is 1. The van der Waals surface area contributed by atoms with Crippen molar-refractivity contribution in [2.75, 3.05) is 12.9 Å². The number of methoxy groups -OCH3 is 1. The van der Waals surface area contributed by atoms with Gasteiger partial charge in [0.25, 0.3) is 5.69 Å². The highest BCUT2D eigenvalue weighted by atomic mass is 32.2. The van der Waals surface area contributed by atoms with E-state index in [1.807, 2.05) is 0 Å². The van der Waals surface area contributed by atoms with Crippen LogP contribution in [0.5, 0.6) is 0 Å². The van der Waals surface area contributed by atoms with Gasteiger partial charge in [0.2, 0.25) is 0 Å². The summed E-state index contributed by atoms with van der Waals surface area (Å²) in [7, 11) is -3.11. The smallest absolute Gasteiger partial charge is 0.321 e. The van der Waals surface area contributed by atoms with E-state index in [1.54, 1.807) is 18.2 Å². The van der Waals surface area contributed by atoms with Gasteiger partial charge in [-0.25, -0.2) is 8.42 Å². The lowest BCUT2D eigenvalue weighted by Gasteiger charge is -2.07. The summed E-state index contributed by atoms with van der Waals surface area (Å²) in [4.78, 5) is 21.2. The molecule has 0 amide bonds. The molecule has 21 heavy (non-hydrogen) atoms. The van der Waals surface area contributed by atoms with Crippen molar-refractivity contribution >= 4 is 32.3 Å². The second-order valence-electron chi connectivity index (χ2n) is 4.23. The Labute approximate surface area is 120 Å². The molecule has 0 heterocycles. The van der Waals surface area contributed by atoms with E-state index >= 15 is 0 Å². The van der Waals surface area contributed by atoms with E-state index in [4.69, 9.17) is 0 Å². The number of nitrogens with zero attached hydrogens (tertiary/aromatic N) is 1. The van der Waals surface area contributed by atoms with Crippen LogP contribution in [0.15, 0.2) is 41.3 Å². The van der Waals surface area contributed by atoms with Gasteiger partial charge in [0.15, 0.2) is 15.6 Å². The highest BCUT2D eigenvalue weighted by Crippen LogP contribution is 2.33. The van der Waals surface area contributed by atoms with E-state index in [2.05, 4.69) is 4.74 Å². The van der Waals surface area contributed by atoms with Crippen molar-refractivity contribution in [3.63, 3.8) is 0 Å². The number of rotatable bonds is 4. The predicted octanol–water partition coefficient (Wildman–Crippen LogP) is 1.69. The molecule has 0 saturated heterocycles. The Morgan fingerprint density at radius 2 is 1.90 bits per heavy atom. The fourth-order valence-corrected chi connectivity index (χ4v) is 3.30. The van der Waals surface area contributed by atoms with Crippen molar-refractivity contribution in [2.24, 2.45) is 0 Å². The zero-order valence-electron chi connectivity index (χ0n) is 11.0. The summed E-state index contributed by atoms with van der Waals surface area (Å²) < 4.78 is 28.6. The highest BCUT2D eigenvalue weighted by Gasteiger charge is 2.30. The van der Waals surface area contributed by atoms with Gasteiger partial charge in [0.05, 0.1) is 17.4 Å². The minimum absolute atomic E-state index is 0.202. The lowest BCUT2D eigenvalue weighted by Crippen LogP contribution is -2.18. The van der Waals surface area contributed by atoms with E-state index in [1.165, 1.54) is 12.1 Å². The Kier molecular flexibility index (Phi) is 3.90. The van der Waals surface area contributed by atoms with E-state index in [0.717, 1.165) is 13.2 Å². The highest BCUT2D eigenvalue weighted by molar-refractivity contribution is 7.92. The van der Waals surface area contributed by atoms with Crippen LogP contribution in [0.1, 0.15) is 0 Å². The van der Waals surface area contributed by atoms with E-state index < -0.39 is 37.1 Å². The largest absolute Gasteiger partial charge is 0.468 e. The van der Waals surface area contributed by atoms with Crippen LogP contribution in [-0.2, 0) is 19.4 Å². The SMILES string of the molecule is COC(=O)CS(=O)(=O)c1ccc2ccccc2c1[N+](=O)[O-].